The second-order valence-corrected chi connectivity index (χ2v) is 8.73. The fraction of sp³-hybridized carbons (Fsp3) is 0.708. The molecule has 0 spiro atoms. The van der Waals surface area contributed by atoms with Crippen LogP contribution in [0, 0.1) is 23.6 Å². The van der Waals surface area contributed by atoms with Gasteiger partial charge in [0.25, 0.3) is 0 Å². The molecular formula is C24H35FO2. The summed E-state index contributed by atoms with van der Waals surface area (Å²) in [7, 11) is 0. The zero-order chi connectivity index (χ0) is 19.1. The van der Waals surface area contributed by atoms with Crippen molar-refractivity contribution in [1.82, 2.24) is 0 Å². The van der Waals surface area contributed by atoms with E-state index < -0.39 is 0 Å². The Labute approximate surface area is 163 Å². The van der Waals surface area contributed by atoms with Gasteiger partial charge in [-0.1, -0.05) is 45.4 Å². The van der Waals surface area contributed by atoms with Crippen LogP contribution in [0.5, 0.6) is 0 Å². The molecule has 2 aliphatic rings. The summed E-state index contributed by atoms with van der Waals surface area (Å²) in [6.07, 6.45) is 15.6. The Balaban J connectivity index is 1.37. The fourth-order valence-electron chi connectivity index (χ4n) is 5.11. The van der Waals surface area contributed by atoms with Crippen molar-refractivity contribution in [2.24, 2.45) is 17.8 Å². The van der Waals surface area contributed by atoms with E-state index in [9.17, 15) is 9.18 Å². The van der Waals surface area contributed by atoms with E-state index in [-0.39, 0.29) is 17.9 Å². The molecule has 0 amide bonds. The van der Waals surface area contributed by atoms with Crippen molar-refractivity contribution in [2.75, 3.05) is 0 Å². The Morgan fingerprint density at radius 1 is 0.926 bits per heavy atom. The highest BCUT2D eigenvalue weighted by Gasteiger charge is 2.31. The van der Waals surface area contributed by atoms with Gasteiger partial charge in [0, 0.05) is 0 Å². The molecule has 27 heavy (non-hydrogen) atoms. The van der Waals surface area contributed by atoms with E-state index in [2.05, 4.69) is 6.92 Å². The van der Waals surface area contributed by atoms with Crippen LogP contribution in [-0.4, -0.2) is 12.1 Å². The molecule has 2 aliphatic carbocycles. The molecule has 3 heteroatoms. The molecule has 0 bridgehead atoms. The summed E-state index contributed by atoms with van der Waals surface area (Å²) in [5.41, 5.74) is 0.444. The third-order valence-electron chi connectivity index (χ3n) is 6.85. The lowest BCUT2D eigenvalue weighted by molar-refractivity contribution is 0.0109. The van der Waals surface area contributed by atoms with Crippen molar-refractivity contribution >= 4 is 5.97 Å². The molecule has 0 N–H and O–H groups in total. The Bertz CT molecular complexity index is 567. The minimum Gasteiger partial charge on any atom is -0.459 e. The molecule has 0 aromatic heterocycles. The number of rotatable bonds is 7. The summed E-state index contributed by atoms with van der Waals surface area (Å²) in [6.45, 7) is 2.28. The van der Waals surface area contributed by atoms with Crippen molar-refractivity contribution in [2.45, 2.75) is 90.1 Å². The molecule has 2 saturated carbocycles. The van der Waals surface area contributed by atoms with E-state index in [1.54, 1.807) is 0 Å². The van der Waals surface area contributed by atoms with Crippen molar-refractivity contribution < 1.29 is 13.9 Å². The van der Waals surface area contributed by atoms with Gasteiger partial charge >= 0.3 is 5.97 Å². The average molecular weight is 375 g/mol. The quantitative estimate of drug-likeness (QED) is 0.382. The zero-order valence-corrected chi connectivity index (χ0v) is 16.8. The van der Waals surface area contributed by atoms with Gasteiger partial charge in [0.05, 0.1) is 5.56 Å². The SMILES string of the molecule is CCCCC[C@H]1CC[C@H]([C@H]2CC[C@H](OC(=O)c3ccc(F)cc3)CC2)CC1. The van der Waals surface area contributed by atoms with E-state index in [1.165, 1.54) is 88.5 Å². The molecule has 0 atom stereocenters. The lowest BCUT2D eigenvalue weighted by Gasteiger charge is -2.37. The first-order valence-corrected chi connectivity index (χ1v) is 11.1. The number of hydrogen-bond acceptors (Lipinski definition) is 2. The first kappa shape index (κ1) is 20.4. The molecule has 0 unspecified atom stereocenters. The first-order valence-electron chi connectivity index (χ1n) is 11.1. The molecule has 0 aliphatic heterocycles. The number of benzene rings is 1. The largest absolute Gasteiger partial charge is 0.459 e. The van der Waals surface area contributed by atoms with Crippen LogP contribution in [0.4, 0.5) is 4.39 Å². The number of carbonyl (C=O) groups is 1. The number of esters is 1. The second-order valence-electron chi connectivity index (χ2n) is 8.73. The number of carbonyl (C=O) groups excluding carboxylic acids is 1. The van der Waals surface area contributed by atoms with Gasteiger partial charge in [0.2, 0.25) is 0 Å². The predicted octanol–water partition coefficient (Wildman–Crippen LogP) is 6.93. The summed E-state index contributed by atoms with van der Waals surface area (Å²) >= 11 is 0. The lowest BCUT2D eigenvalue weighted by Crippen LogP contribution is -2.29. The average Bonchev–Trinajstić information content (AvgIpc) is 2.70. The molecule has 0 radical (unpaired) electrons. The normalized spacial score (nSPS) is 28.7. The van der Waals surface area contributed by atoms with E-state index in [0.717, 1.165) is 30.6 Å². The van der Waals surface area contributed by atoms with Crippen LogP contribution in [0.2, 0.25) is 0 Å². The van der Waals surface area contributed by atoms with E-state index in [1.807, 2.05) is 0 Å². The highest BCUT2D eigenvalue weighted by molar-refractivity contribution is 5.89. The molecule has 2 nitrogen and oxygen atoms in total. The Hall–Kier alpha value is -1.38. The van der Waals surface area contributed by atoms with Crippen LogP contribution >= 0.6 is 0 Å². The molecular weight excluding hydrogens is 339 g/mol. The standard InChI is InChI=1S/C24H35FO2/c1-2-3-4-5-18-6-8-19(9-7-18)20-12-16-23(17-13-20)27-24(26)21-10-14-22(25)15-11-21/h10-11,14-15,18-20,23H,2-9,12-13,16-17H2,1H3/t18-,19-,20-,23-. The molecule has 1 aromatic rings. The van der Waals surface area contributed by atoms with Crippen LogP contribution in [0.3, 0.4) is 0 Å². The van der Waals surface area contributed by atoms with Crippen molar-refractivity contribution in [3.63, 3.8) is 0 Å². The summed E-state index contributed by atoms with van der Waals surface area (Å²) in [6, 6.07) is 5.63. The number of unbranched alkanes of at least 4 members (excludes halogenated alkanes) is 2. The highest BCUT2D eigenvalue weighted by Crippen LogP contribution is 2.41. The smallest absolute Gasteiger partial charge is 0.338 e. The van der Waals surface area contributed by atoms with E-state index in [0.29, 0.717) is 5.56 Å². The predicted molar refractivity (Wildman–Crippen MR) is 107 cm³/mol. The van der Waals surface area contributed by atoms with Gasteiger partial charge < -0.3 is 4.74 Å². The van der Waals surface area contributed by atoms with Crippen LogP contribution in [-0.2, 0) is 4.74 Å². The Morgan fingerprint density at radius 3 is 2.11 bits per heavy atom. The van der Waals surface area contributed by atoms with E-state index in [4.69, 9.17) is 4.74 Å². The van der Waals surface area contributed by atoms with Gasteiger partial charge in [-0.3, -0.25) is 0 Å². The van der Waals surface area contributed by atoms with Crippen molar-refractivity contribution in [3.8, 4) is 0 Å². The zero-order valence-electron chi connectivity index (χ0n) is 16.8. The molecule has 0 saturated heterocycles. The topological polar surface area (TPSA) is 26.3 Å². The van der Waals surface area contributed by atoms with Crippen LogP contribution in [0.25, 0.3) is 0 Å². The maximum absolute atomic E-state index is 13.0. The fourth-order valence-corrected chi connectivity index (χ4v) is 5.11. The van der Waals surface area contributed by atoms with Gasteiger partial charge in [-0.15, -0.1) is 0 Å². The minimum absolute atomic E-state index is 0.0317. The first-order chi connectivity index (χ1) is 13.2. The van der Waals surface area contributed by atoms with Gasteiger partial charge in [-0.2, -0.15) is 0 Å². The molecule has 2 fully saturated rings. The monoisotopic (exact) mass is 374 g/mol. The molecule has 1 aromatic carbocycles. The molecule has 0 heterocycles. The van der Waals surface area contributed by atoms with Gasteiger partial charge in [-0.25, -0.2) is 9.18 Å². The molecule has 150 valence electrons. The summed E-state index contributed by atoms with van der Waals surface area (Å²) in [5, 5.41) is 0. The summed E-state index contributed by atoms with van der Waals surface area (Å²) < 4.78 is 18.6. The van der Waals surface area contributed by atoms with Crippen LogP contribution in [0.15, 0.2) is 24.3 Å². The minimum atomic E-state index is -0.327. The van der Waals surface area contributed by atoms with Crippen molar-refractivity contribution in [3.05, 3.63) is 35.6 Å². The number of hydrogen-bond donors (Lipinski definition) is 0. The third-order valence-corrected chi connectivity index (χ3v) is 6.85. The third kappa shape index (κ3) is 6.05. The van der Waals surface area contributed by atoms with Crippen LogP contribution < -0.4 is 0 Å². The van der Waals surface area contributed by atoms with Gasteiger partial charge in [0.15, 0.2) is 0 Å². The maximum Gasteiger partial charge on any atom is 0.338 e. The lowest BCUT2D eigenvalue weighted by atomic mass is 9.70. The van der Waals surface area contributed by atoms with Gasteiger partial charge in [-0.05, 0) is 80.5 Å². The number of halogens is 1. The van der Waals surface area contributed by atoms with E-state index >= 15 is 0 Å². The molecule has 3 rings (SSSR count). The summed E-state index contributed by atoms with van der Waals surface area (Å²) in [5.74, 6) is 2.04. The highest BCUT2D eigenvalue weighted by atomic mass is 19.1. The van der Waals surface area contributed by atoms with Crippen molar-refractivity contribution in [1.29, 1.82) is 0 Å². The summed E-state index contributed by atoms with van der Waals surface area (Å²) in [4.78, 5) is 12.2. The Morgan fingerprint density at radius 2 is 1.52 bits per heavy atom. The number of ether oxygens (including phenoxy) is 1. The maximum atomic E-state index is 13.0. The van der Waals surface area contributed by atoms with Gasteiger partial charge in [0.1, 0.15) is 11.9 Å². The second kappa shape index (κ2) is 10.2. The van der Waals surface area contributed by atoms with Crippen LogP contribution in [0.1, 0.15) is 94.3 Å². The Kier molecular flexibility index (Phi) is 7.72.